The lowest BCUT2D eigenvalue weighted by Gasteiger charge is -2.33. The van der Waals surface area contributed by atoms with Crippen LogP contribution in [0.4, 0.5) is 4.79 Å². The fraction of sp³-hybridized carbons (Fsp3) is 0.933. The maximum Gasteiger partial charge on any atom is 0.410 e. The average Bonchev–Trinajstić information content (AvgIpc) is 2.46. The lowest BCUT2D eigenvalue weighted by molar-refractivity contribution is 0.0239. The van der Waals surface area contributed by atoms with Crippen molar-refractivity contribution in [3.63, 3.8) is 0 Å². The summed E-state index contributed by atoms with van der Waals surface area (Å²) in [6.07, 6.45) is 7.24. The minimum Gasteiger partial charge on any atom is -0.444 e. The Morgan fingerprint density at radius 2 is 1.79 bits per heavy atom. The van der Waals surface area contributed by atoms with Gasteiger partial charge in [0.05, 0.1) is 0 Å². The van der Waals surface area contributed by atoms with Crippen molar-refractivity contribution in [2.45, 2.75) is 77.0 Å². The van der Waals surface area contributed by atoms with Crippen LogP contribution < -0.4 is 5.32 Å². The first kappa shape index (κ1) is 14.6. The fourth-order valence-electron chi connectivity index (χ4n) is 2.68. The van der Waals surface area contributed by atoms with Gasteiger partial charge in [0.25, 0.3) is 0 Å². The van der Waals surface area contributed by atoms with E-state index in [9.17, 15) is 4.79 Å². The van der Waals surface area contributed by atoms with Gasteiger partial charge in [-0.25, -0.2) is 4.79 Å². The van der Waals surface area contributed by atoms with Gasteiger partial charge in [-0.3, -0.25) is 0 Å². The second-order valence-electron chi connectivity index (χ2n) is 6.91. The molecule has 1 unspecified atom stereocenters. The van der Waals surface area contributed by atoms with Gasteiger partial charge in [0.2, 0.25) is 0 Å². The summed E-state index contributed by atoms with van der Waals surface area (Å²) < 4.78 is 5.49. The van der Waals surface area contributed by atoms with Crippen LogP contribution in [-0.2, 0) is 4.74 Å². The Balaban J connectivity index is 1.86. The Kier molecular flexibility index (Phi) is 4.71. The van der Waals surface area contributed by atoms with Gasteiger partial charge in [0.1, 0.15) is 5.60 Å². The Labute approximate surface area is 116 Å². The van der Waals surface area contributed by atoms with E-state index in [0.29, 0.717) is 12.1 Å². The molecule has 4 heteroatoms. The van der Waals surface area contributed by atoms with E-state index >= 15 is 0 Å². The molecule has 1 amide bonds. The molecule has 19 heavy (non-hydrogen) atoms. The predicted octanol–water partition coefficient (Wildman–Crippen LogP) is 2.92. The van der Waals surface area contributed by atoms with E-state index in [-0.39, 0.29) is 6.09 Å². The van der Waals surface area contributed by atoms with Gasteiger partial charge in [-0.2, -0.15) is 0 Å². The SMILES string of the molecule is CC(C)(C)OC(=O)N1CCCCC(NC2CCC2)C1. The Morgan fingerprint density at radius 3 is 2.37 bits per heavy atom. The molecule has 1 aliphatic heterocycles. The van der Waals surface area contributed by atoms with E-state index in [1.54, 1.807) is 0 Å². The largest absolute Gasteiger partial charge is 0.444 e. The zero-order valence-corrected chi connectivity index (χ0v) is 12.6. The molecule has 1 saturated carbocycles. The first-order valence-corrected chi connectivity index (χ1v) is 7.68. The van der Waals surface area contributed by atoms with Gasteiger partial charge in [-0.15, -0.1) is 0 Å². The van der Waals surface area contributed by atoms with E-state index in [1.165, 1.54) is 32.1 Å². The van der Waals surface area contributed by atoms with E-state index in [4.69, 9.17) is 4.74 Å². The maximum atomic E-state index is 12.2. The molecule has 0 aromatic heterocycles. The molecular weight excluding hydrogens is 240 g/mol. The smallest absolute Gasteiger partial charge is 0.410 e. The van der Waals surface area contributed by atoms with Crippen molar-refractivity contribution >= 4 is 6.09 Å². The fourth-order valence-corrected chi connectivity index (χ4v) is 2.68. The first-order chi connectivity index (χ1) is 8.94. The van der Waals surface area contributed by atoms with Gasteiger partial charge in [-0.1, -0.05) is 12.8 Å². The number of rotatable bonds is 2. The maximum absolute atomic E-state index is 12.2. The normalized spacial score (nSPS) is 25.6. The number of carbonyl (C=O) groups is 1. The summed E-state index contributed by atoms with van der Waals surface area (Å²) in [4.78, 5) is 14.0. The van der Waals surface area contributed by atoms with Gasteiger partial charge >= 0.3 is 6.09 Å². The highest BCUT2D eigenvalue weighted by Crippen LogP contribution is 2.21. The van der Waals surface area contributed by atoms with Crippen LogP contribution in [0.15, 0.2) is 0 Å². The number of amides is 1. The van der Waals surface area contributed by atoms with Crippen LogP contribution in [0.1, 0.15) is 59.3 Å². The molecule has 0 bridgehead atoms. The summed E-state index contributed by atoms with van der Waals surface area (Å²) >= 11 is 0. The molecule has 0 spiro atoms. The van der Waals surface area contributed by atoms with Gasteiger partial charge in [0, 0.05) is 25.2 Å². The summed E-state index contributed by atoms with van der Waals surface area (Å²) in [5.41, 5.74) is -0.402. The first-order valence-electron chi connectivity index (χ1n) is 7.68. The Bertz CT molecular complexity index is 308. The zero-order chi connectivity index (χ0) is 13.9. The predicted molar refractivity (Wildman–Crippen MR) is 76.2 cm³/mol. The highest BCUT2D eigenvalue weighted by Gasteiger charge is 2.28. The summed E-state index contributed by atoms with van der Waals surface area (Å²) in [6, 6.07) is 1.13. The monoisotopic (exact) mass is 268 g/mol. The van der Waals surface area contributed by atoms with Crippen LogP contribution in [-0.4, -0.2) is 41.8 Å². The number of ether oxygens (including phenoxy) is 1. The van der Waals surface area contributed by atoms with Gasteiger partial charge in [-0.05, 0) is 46.5 Å². The summed E-state index contributed by atoms with van der Waals surface area (Å²) in [7, 11) is 0. The van der Waals surface area contributed by atoms with Crippen LogP contribution in [0.3, 0.4) is 0 Å². The van der Waals surface area contributed by atoms with Crippen molar-refractivity contribution in [3.8, 4) is 0 Å². The van der Waals surface area contributed by atoms with Crippen LogP contribution >= 0.6 is 0 Å². The van der Waals surface area contributed by atoms with E-state index in [2.05, 4.69) is 5.32 Å². The third-order valence-electron chi connectivity index (χ3n) is 3.90. The van der Waals surface area contributed by atoms with E-state index < -0.39 is 5.60 Å². The third kappa shape index (κ3) is 4.68. The highest BCUT2D eigenvalue weighted by atomic mass is 16.6. The highest BCUT2D eigenvalue weighted by molar-refractivity contribution is 5.68. The van der Waals surface area contributed by atoms with E-state index in [1.807, 2.05) is 25.7 Å². The lowest BCUT2D eigenvalue weighted by atomic mass is 9.92. The molecule has 4 nitrogen and oxygen atoms in total. The number of likely N-dealkylation sites (tertiary alicyclic amines) is 1. The summed E-state index contributed by atoms with van der Waals surface area (Å²) in [5.74, 6) is 0. The van der Waals surface area contributed by atoms with E-state index in [0.717, 1.165) is 19.5 Å². The standard InChI is InChI=1S/C15H28N2O2/c1-15(2,3)19-14(18)17-10-5-4-7-13(11-17)16-12-8-6-9-12/h12-13,16H,4-11H2,1-3H3. The zero-order valence-electron chi connectivity index (χ0n) is 12.6. The van der Waals surface area contributed by atoms with Crippen molar-refractivity contribution in [2.75, 3.05) is 13.1 Å². The van der Waals surface area contributed by atoms with Gasteiger partial charge < -0.3 is 15.0 Å². The van der Waals surface area contributed by atoms with Crippen molar-refractivity contribution in [3.05, 3.63) is 0 Å². The molecule has 1 aliphatic carbocycles. The summed E-state index contributed by atoms with van der Waals surface area (Å²) in [5, 5.41) is 3.69. The van der Waals surface area contributed by atoms with Crippen LogP contribution in [0.25, 0.3) is 0 Å². The third-order valence-corrected chi connectivity index (χ3v) is 3.90. The molecule has 2 rings (SSSR count). The summed E-state index contributed by atoms with van der Waals surface area (Å²) in [6.45, 7) is 7.40. The molecule has 0 radical (unpaired) electrons. The molecule has 0 aromatic carbocycles. The molecule has 1 N–H and O–H groups in total. The van der Waals surface area contributed by atoms with Crippen molar-refractivity contribution < 1.29 is 9.53 Å². The number of nitrogens with zero attached hydrogens (tertiary/aromatic N) is 1. The lowest BCUT2D eigenvalue weighted by Crippen LogP contribution is -2.49. The minimum absolute atomic E-state index is 0.158. The topological polar surface area (TPSA) is 41.6 Å². The molecule has 2 aliphatic rings. The molecule has 110 valence electrons. The molecule has 1 atom stereocenters. The minimum atomic E-state index is -0.402. The molecule has 2 fully saturated rings. The quantitative estimate of drug-likeness (QED) is 0.837. The van der Waals surface area contributed by atoms with Crippen molar-refractivity contribution in [2.24, 2.45) is 0 Å². The van der Waals surface area contributed by atoms with Gasteiger partial charge in [0.15, 0.2) is 0 Å². The number of nitrogens with one attached hydrogen (secondary N) is 1. The van der Waals surface area contributed by atoms with Crippen LogP contribution in [0, 0.1) is 0 Å². The Hall–Kier alpha value is -0.770. The number of hydrogen-bond acceptors (Lipinski definition) is 3. The number of carbonyl (C=O) groups excluding carboxylic acids is 1. The van der Waals surface area contributed by atoms with Crippen LogP contribution in [0.5, 0.6) is 0 Å². The van der Waals surface area contributed by atoms with Crippen molar-refractivity contribution in [1.29, 1.82) is 0 Å². The van der Waals surface area contributed by atoms with Crippen LogP contribution in [0.2, 0.25) is 0 Å². The molecule has 0 aromatic rings. The van der Waals surface area contributed by atoms with Crippen molar-refractivity contribution in [1.82, 2.24) is 10.2 Å². The number of hydrogen-bond donors (Lipinski definition) is 1. The second kappa shape index (κ2) is 6.12. The molecular formula is C15H28N2O2. The second-order valence-corrected chi connectivity index (χ2v) is 6.91. The Morgan fingerprint density at radius 1 is 1.11 bits per heavy atom. The average molecular weight is 268 g/mol. The molecule has 1 saturated heterocycles. The molecule has 1 heterocycles.